The van der Waals surface area contributed by atoms with Crippen molar-refractivity contribution in [2.75, 3.05) is 33.4 Å². The first-order chi connectivity index (χ1) is 8.51. The minimum Gasteiger partial charge on any atom is -0.374 e. The second-order valence-corrected chi connectivity index (χ2v) is 10.5. The molecule has 0 aromatic heterocycles. The molecule has 0 radical (unpaired) electrons. The van der Waals surface area contributed by atoms with E-state index in [-0.39, 0.29) is 0 Å². The van der Waals surface area contributed by atoms with Crippen molar-refractivity contribution in [1.82, 2.24) is 4.57 Å². The quantitative estimate of drug-likeness (QED) is 0.547. The molecule has 6 heteroatoms. The molecule has 0 saturated heterocycles. The Morgan fingerprint density at radius 1 is 0.944 bits per heavy atom. The van der Waals surface area contributed by atoms with E-state index in [4.69, 9.17) is 13.3 Å². The highest BCUT2D eigenvalue weighted by Gasteiger charge is 2.39. The van der Waals surface area contributed by atoms with Gasteiger partial charge in [-0.05, 0) is 40.8 Å². The largest absolute Gasteiger partial charge is 0.500 e. The standard InChI is InChI=1S/C12H31NO3Si2/c1-7-14-18(15-8-2,16-9-3)12-10-11-13(4)17(5)6/h17H,7-12H2,1-6H3. The minimum absolute atomic E-state index is 0.668. The van der Waals surface area contributed by atoms with Crippen molar-refractivity contribution < 1.29 is 13.3 Å². The van der Waals surface area contributed by atoms with Gasteiger partial charge in [-0.25, -0.2) is 0 Å². The van der Waals surface area contributed by atoms with E-state index in [1.807, 2.05) is 20.8 Å². The van der Waals surface area contributed by atoms with Crippen molar-refractivity contribution in [3.63, 3.8) is 0 Å². The average molecular weight is 294 g/mol. The highest BCUT2D eigenvalue weighted by Crippen LogP contribution is 2.18. The molecule has 110 valence electrons. The molecular formula is C12H31NO3Si2. The first kappa shape index (κ1) is 18.3. The van der Waals surface area contributed by atoms with Crippen molar-refractivity contribution in [3.05, 3.63) is 0 Å². The van der Waals surface area contributed by atoms with Gasteiger partial charge in [-0.15, -0.1) is 0 Å². The Labute approximate surface area is 116 Å². The van der Waals surface area contributed by atoms with Crippen LogP contribution in [0.1, 0.15) is 27.2 Å². The molecule has 0 saturated carbocycles. The summed E-state index contributed by atoms with van der Waals surface area (Å²) in [5, 5.41) is 0. The molecule has 0 rings (SSSR count). The normalized spacial score (nSPS) is 12.7. The van der Waals surface area contributed by atoms with Gasteiger partial charge in [-0.2, -0.15) is 0 Å². The molecular weight excluding hydrogens is 262 g/mol. The van der Waals surface area contributed by atoms with Crippen LogP contribution >= 0.6 is 0 Å². The van der Waals surface area contributed by atoms with Gasteiger partial charge in [0.15, 0.2) is 0 Å². The molecule has 4 nitrogen and oxygen atoms in total. The third kappa shape index (κ3) is 7.01. The summed E-state index contributed by atoms with van der Waals surface area (Å²) in [5.74, 6) is 0. The zero-order chi connectivity index (χ0) is 14.0. The summed E-state index contributed by atoms with van der Waals surface area (Å²) in [6, 6.07) is 0.925. The molecule has 0 fully saturated rings. The number of rotatable bonds is 11. The molecule has 0 heterocycles. The van der Waals surface area contributed by atoms with Crippen molar-refractivity contribution in [1.29, 1.82) is 0 Å². The molecule has 0 N–H and O–H groups in total. The third-order valence-electron chi connectivity index (χ3n) is 2.97. The van der Waals surface area contributed by atoms with E-state index in [1.165, 1.54) is 0 Å². The van der Waals surface area contributed by atoms with Crippen molar-refractivity contribution in [2.24, 2.45) is 0 Å². The SMILES string of the molecule is CCO[Si](CCCN(C)[SiH](C)C)(OCC)OCC. The molecule has 0 aliphatic rings. The van der Waals surface area contributed by atoms with Crippen molar-refractivity contribution >= 4 is 17.8 Å². The molecule has 0 aliphatic heterocycles. The summed E-state index contributed by atoms with van der Waals surface area (Å²) in [6.45, 7) is 13.8. The molecule has 0 spiro atoms. The smallest absolute Gasteiger partial charge is 0.374 e. The van der Waals surface area contributed by atoms with E-state index in [0.29, 0.717) is 19.8 Å². The fourth-order valence-electron chi connectivity index (χ4n) is 1.80. The van der Waals surface area contributed by atoms with Crippen molar-refractivity contribution in [3.8, 4) is 0 Å². The maximum Gasteiger partial charge on any atom is 0.500 e. The summed E-state index contributed by atoms with van der Waals surface area (Å²) >= 11 is 0. The Bertz CT molecular complexity index is 189. The lowest BCUT2D eigenvalue weighted by Crippen LogP contribution is -2.46. The molecule has 0 bridgehead atoms. The van der Waals surface area contributed by atoms with E-state index in [9.17, 15) is 0 Å². The summed E-state index contributed by atoms with van der Waals surface area (Å²) in [4.78, 5) is 0. The van der Waals surface area contributed by atoms with Gasteiger partial charge in [0.05, 0.1) is 0 Å². The highest BCUT2D eigenvalue weighted by molar-refractivity contribution is 6.60. The monoisotopic (exact) mass is 293 g/mol. The van der Waals surface area contributed by atoms with Gasteiger partial charge >= 0.3 is 8.80 Å². The number of nitrogens with zero attached hydrogens (tertiary/aromatic N) is 1. The van der Waals surface area contributed by atoms with E-state index >= 15 is 0 Å². The number of hydrogen-bond acceptors (Lipinski definition) is 4. The fourth-order valence-corrected chi connectivity index (χ4v) is 5.10. The molecule has 0 unspecified atom stereocenters. The van der Waals surface area contributed by atoms with Crippen LogP contribution in [-0.4, -0.2) is 55.7 Å². The average Bonchev–Trinajstić information content (AvgIpc) is 2.29. The third-order valence-corrected chi connectivity index (χ3v) is 8.14. The Balaban J connectivity index is 4.29. The summed E-state index contributed by atoms with van der Waals surface area (Å²) in [7, 11) is -0.870. The zero-order valence-electron chi connectivity index (χ0n) is 13.0. The van der Waals surface area contributed by atoms with Gasteiger partial charge in [-0.1, -0.05) is 13.1 Å². The molecule has 0 aromatic rings. The summed E-state index contributed by atoms with van der Waals surface area (Å²) in [6.07, 6.45) is 1.09. The summed E-state index contributed by atoms with van der Waals surface area (Å²) < 4.78 is 20.0. The van der Waals surface area contributed by atoms with Crippen LogP contribution in [0.25, 0.3) is 0 Å². The van der Waals surface area contributed by atoms with Crippen LogP contribution in [0.15, 0.2) is 0 Å². The fraction of sp³-hybridized carbons (Fsp3) is 1.00. The Morgan fingerprint density at radius 3 is 1.72 bits per heavy atom. The molecule has 0 aromatic carbocycles. The molecule has 18 heavy (non-hydrogen) atoms. The highest BCUT2D eigenvalue weighted by atomic mass is 28.4. The van der Waals surface area contributed by atoms with Crippen LogP contribution in [0.5, 0.6) is 0 Å². The lowest BCUT2D eigenvalue weighted by atomic mass is 10.5. The zero-order valence-corrected chi connectivity index (χ0v) is 15.1. The predicted molar refractivity (Wildman–Crippen MR) is 81.6 cm³/mol. The predicted octanol–water partition coefficient (Wildman–Crippen LogP) is 2.34. The molecule has 0 atom stereocenters. The Kier molecular flexibility index (Phi) is 10.3. The van der Waals surface area contributed by atoms with Gasteiger partial charge < -0.3 is 17.8 Å². The maximum atomic E-state index is 5.84. The lowest BCUT2D eigenvalue weighted by molar-refractivity contribution is 0.0705. The Hall–Kier alpha value is 0.274. The van der Waals surface area contributed by atoms with E-state index in [0.717, 1.165) is 19.0 Å². The lowest BCUT2D eigenvalue weighted by Gasteiger charge is -2.29. The minimum atomic E-state index is -2.41. The van der Waals surface area contributed by atoms with E-state index in [1.54, 1.807) is 0 Å². The van der Waals surface area contributed by atoms with Gasteiger partial charge in [0.25, 0.3) is 0 Å². The van der Waals surface area contributed by atoms with Gasteiger partial charge in [-0.3, -0.25) is 0 Å². The molecule has 0 aliphatic carbocycles. The van der Waals surface area contributed by atoms with E-state index < -0.39 is 17.8 Å². The van der Waals surface area contributed by atoms with Crippen LogP contribution < -0.4 is 0 Å². The first-order valence-electron chi connectivity index (χ1n) is 7.13. The van der Waals surface area contributed by atoms with E-state index in [2.05, 4.69) is 24.7 Å². The second-order valence-electron chi connectivity index (χ2n) is 4.66. The van der Waals surface area contributed by atoms with Gasteiger partial charge in [0.2, 0.25) is 0 Å². The first-order valence-corrected chi connectivity index (χ1v) is 11.9. The van der Waals surface area contributed by atoms with Crippen LogP contribution in [0.2, 0.25) is 19.1 Å². The van der Waals surface area contributed by atoms with Crippen LogP contribution in [-0.2, 0) is 13.3 Å². The topological polar surface area (TPSA) is 30.9 Å². The molecule has 0 amide bonds. The van der Waals surface area contributed by atoms with Crippen LogP contribution in [0.4, 0.5) is 0 Å². The van der Waals surface area contributed by atoms with Crippen LogP contribution in [0.3, 0.4) is 0 Å². The second kappa shape index (κ2) is 10.1. The van der Waals surface area contributed by atoms with Crippen LogP contribution in [0, 0.1) is 0 Å². The van der Waals surface area contributed by atoms with Gasteiger partial charge in [0.1, 0.15) is 8.96 Å². The Morgan fingerprint density at radius 2 is 1.39 bits per heavy atom. The number of hydrogen-bond donors (Lipinski definition) is 0. The van der Waals surface area contributed by atoms with Crippen molar-refractivity contribution in [2.45, 2.75) is 46.3 Å². The summed E-state index contributed by atoms with van der Waals surface area (Å²) in [5.41, 5.74) is 0. The van der Waals surface area contributed by atoms with Gasteiger partial charge in [0, 0.05) is 25.9 Å². The maximum absolute atomic E-state index is 5.84.